The number of carbonyl (C=O) groups is 1. The van der Waals surface area contributed by atoms with E-state index in [1.165, 1.54) is 0 Å². The summed E-state index contributed by atoms with van der Waals surface area (Å²) in [6.45, 7) is 8.46. The quantitative estimate of drug-likeness (QED) is 0.733. The highest BCUT2D eigenvalue weighted by atomic mass is 32.1. The predicted molar refractivity (Wildman–Crippen MR) is 67.7 cm³/mol. The van der Waals surface area contributed by atoms with E-state index < -0.39 is 0 Å². The molecule has 0 rings (SSSR count). The molecule has 3 nitrogen and oxygen atoms in total. The highest BCUT2D eigenvalue weighted by molar-refractivity contribution is 7.80. The number of hydrogen-bond donors (Lipinski definition) is 1. The minimum Gasteiger partial charge on any atom is -0.393 e. The standard InChI is InChI=1S/C11H22N2OS/c1-6-11(3,4)10(14)13(5)7-8(2)9(12)15/h8H,6-7H2,1-5H3,(H2,12,15). The molecule has 0 aliphatic rings. The zero-order chi connectivity index (χ0) is 12.2. The van der Waals surface area contributed by atoms with Crippen molar-refractivity contribution in [3.63, 3.8) is 0 Å². The van der Waals surface area contributed by atoms with Gasteiger partial charge in [0.2, 0.25) is 5.91 Å². The molecular weight excluding hydrogens is 208 g/mol. The van der Waals surface area contributed by atoms with Crippen LogP contribution in [0, 0.1) is 11.3 Å². The van der Waals surface area contributed by atoms with Crippen molar-refractivity contribution in [1.29, 1.82) is 0 Å². The van der Waals surface area contributed by atoms with E-state index in [0.717, 1.165) is 6.42 Å². The maximum absolute atomic E-state index is 12.0. The van der Waals surface area contributed by atoms with E-state index in [-0.39, 0.29) is 17.2 Å². The minimum absolute atomic E-state index is 0.0709. The number of amides is 1. The molecule has 2 N–H and O–H groups in total. The van der Waals surface area contributed by atoms with E-state index in [1.807, 2.05) is 27.7 Å². The van der Waals surface area contributed by atoms with Gasteiger partial charge >= 0.3 is 0 Å². The summed E-state index contributed by atoms with van der Waals surface area (Å²) >= 11 is 4.88. The fraction of sp³-hybridized carbons (Fsp3) is 0.818. The molecule has 88 valence electrons. The molecule has 1 unspecified atom stereocenters. The third kappa shape index (κ3) is 4.16. The third-order valence-electron chi connectivity index (χ3n) is 2.84. The van der Waals surface area contributed by atoms with Gasteiger partial charge in [0.15, 0.2) is 0 Å². The average Bonchev–Trinajstić information content (AvgIpc) is 2.16. The number of nitrogens with two attached hydrogens (primary N) is 1. The second-order valence-electron chi connectivity index (χ2n) is 4.73. The van der Waals surface area contributed by atoms with E-state index in [2.05, 4.69) is 0 Å². The largest absolute Gasteiger partial charge is 0.393 e. The summed E-state index contributed by atoms with van der Waals surface area (Å²) in [7, 11) is 1.80. The molecule has 0 aromatic heterocycles. The maximum atomic E-state index is 12.0. The second-order valence-corrected chi connectivity index (χ2v) is 5.20. The van der Waals surface area contributed by atoms with Crippen LogP contribution in [-0.4, -0.2) is 29.4 Å². The summed E-state index contributed by atoms with van der Waals surface area (Å²) in [5.41, 5.74) is 5.22. The first-order chi connectivity index (χ1) is 6.72. The first-order valence-corrected chi connectivity index (χ1v) is 5.68. The molecule has 0 saturated heterocycles. The van der Waals surface area contributed by atoms with Gasteiger partial charge in [-0.1, -0.05) is 39.9 Å². The summed E-state index contributed by atoms with van der Waals surface area (Å²) in [4.78, 5) is 14.2. The molecule has 0 bridgehead atoms. The second kappa shape index (κ2) is 5.45. The fourth-order valence-corrected chi connectivity index (χ4v) is 1.33. The molecule has 0 radical (unpaired) electrons. The molecule has 4 heteroatoms. The number of nitrogens with zero attached hydrogens (tertiary/aromatic N) is 1. The molecule has 1 amide bonds. The fourth-order valence-electron chi connectivity index (χ4n) is 1.25. The Hall–Kier alpha value is -0.640. The van der Waals surface area contributed by atoms with Crippen molar-refractivity contribution in [2.24, 2.45) is 17.1 Å². The monoisotopic (exact) mass is 230 g/mol. The smallest absolute Gasteiger partial charge is 0.227 e. The molecule has 0 heterocycles. The summed E-state index contributed by atoms with van der Waals surface area (Å²) in [5.74, 6) is 0.217. The van der Waals surface area contributed by atoms with Crippen LogP contribution in [0.4, 0.5) is 0 Å². The molecule has 1 atom stereocenters. The van der Waals surface area contributed by atoms with Crippen LogP contribution < -0.4 is 5.73 Å². The normalized spacial score (nSPS) is 13.4. The van der Waals surface area contributed by atoms with Crippen molar-refractivity contribution in [2.75, 3.05) is 13.6 Å². The number of thiocarbonyl (C=S) groups is 1. The first kappa shape index (κ1) is 14.4. The lowest BCUT2D eigenvalue weighted by molar-refractivity contribution is -0.139. The summed E-state index contributed by atoms with van der Waals surface area (Å²) < 4.78 is 0. The van der Waals surface area contributed by atoms with Crippen LogP contribution in [0.5, 0.6) is 0 Å². The minimum atomic E-state index is -0.301. The van der Waals surface area contributed by atoms with E-state index in [4.69, 9.17) is 18.0 Å². The van der Waals surface area contributed by atoms with Gasteiger partial charge in [-0.3, -0.25) is 4.79 Å². The lowest BCUT2D eigenvalue weighted by Crippen LogP contribution is -2.42. The van der Waals surface area contributed by atoms with Crippen molar-refractivity contribution < 1.29 is 4.79 Å². The number of carbonyl (C=O) groups excluding carboxylic acids is 1. The van der Waals surface area contributed by atoms with Gasteiger partial charge in [0.1, 0.15) is 0 Å². The van der Waals surface area contributed by atoms with Gasteiger partial charge in [-0.15, -0.1) is 0 Å². The average molecular weight is 230 g/mol. The maximum Gasteiger partial charge on any atom is 0.227 e. The molecule has 0 aromatic carbocycles. The van der Waals surface area contributed by atoms with Crippen LogP contribution >= 0.6 is 12.2 Å². The van der Waals surface area contributed by atoms with Crippen LogP contribution in [0.3, 0.4) is 0 Å². The van der Waals surface area contributed by atoms with Crippen LogP contribution in [-0.2, 0) is 4.79 Å². The van der Waals surface area contributed by atoms with Gasteiger partial charge in [-0.25, -0.2) is 0 Å². The van der Waals surface area contributed by atoms with E-state index in [1.54, 1.807) is 11.9 Å². The van der Waals surface area contributed by atoms with Crippen LogP contribution in [0.1, 0.15) is 34.1 Å². The molecule has 0 aliphatic heterocycles. The zero-order valence-electron chi connectivity index (χ0n) is 10.3. The highest BCUT2D eigenvalue weighted by Crippen LogP contribution is 2.22. The van der Waals surface area contributed by atoms with Crippen molar-refractivity contribution in [2.45, 2.75) is 34.1 Å². The lowest BCUT2D eigenvalue weighted by Gasteiger charge is -2.29. The number of hydrogen-bond acceptors (Lipinski definition) is 2. The van der Waals surface area contributed by atoms with Crippen LogP contribution in [0.15, 0.2) is 0 Å². The molecule has 0 saturated carbocycles. The summed E-state index contributed by atoms with van der Waals surface area (Å²) in [6, 6.07) is 0. The topological polar surface area (TPSA) is 46.3 Å². The Labute approximate surface area is 98.0 Å². The summed E-state index contributed by atoms with van der Waals surface area (Å²) in [6.07, 6.45) is 0.831. The molecular formula is C11H22N2OS. The zero-order valence-corrected chi connectivity index (χ0v) is 11.1. The van der Waals surface area contributed by atoms with Gasteiger partial charge in [0.05, 0.1) is 4.99 Å². The van der Waals surface area contributed by atoms with E-state index in [9.17, 15) is 4.79 Å². The van der Waals surface area contributed by atoms with Crippen LogP contribution in [0.25, 0.3) is 0 Å². The Morgan fingerprint density at radius 3 is 2.33 bits per heavy atom. The van der Waals surface area contributed by atoms with E-state index >= 15 is 0 Å². The molecule has 0 spiro atoms. The SMILES string of the molecule is CCC(C)(C)C(=O)N(C)CC(C)C(N)=S. The highest BCUT2D eigenvalue weighted by Gasteiger charge is 2.29. The molecule has 15 heavy (non-hydrogen) atoms. The van der Waals surface area contributed by atoms with Gasteiger partial charge in [0.25, 0.3) is 0 Å². The molecule has 0 aliphatic carbocycles. The van der Waals surface area contributed by atoms with Crippen molar-refractivity contribution in [3.8, 4) is 0 Å². The number of rotatable bonds is 5. The lowest BCUT2D eigenvalue weighted by atomic mass is 9.88. The van der Waals surface area contributed by atoms with Gasteiger partial charge in [-0.2, -0.15) is 0 Å². The van der Waals surface area contributed by atoms with Gasteiger partial charge in [0, 0.05) is 24.9 Å². The third-order valence-corrected chi connectivity index (χ3v) is 3.25. The van der Waals surface area contributed by atoms with Crippen molar-refractivity contribution in [3.05, 3.63) is 0 Å². The predicted octanol–water partition coefficient (Wildman–Crippen LogP) is 1.80. The first-order valence-electron chi connectivity index (χ1n) is 5.27. The molecule has 0 fully saturated rings. The van der Waals surface area contributed by atoms with Crippen molar-refractivity contribution >= 4 is 23.1 Å². The van der Waals surface area contributed by atoms with Crippen molar-refractivity contribution in [1.82, 2.24) is 4.90 Å². The van der Waals surface area contributed by atoms with E-state index in [0.29, 0.717) is 11.5 Å². The summed E-state index contributed by atoms with van der Waals surface area (Å²) in [5, 5.41) is 0. The molecule has 0 aromatic rings. The van der Waals surface area contributed by atoms with Gasteiger partial charge < -0.3 is 10.6 Å². The van der Waals surface area contributed by atoms with Gasteiger partial charge in [-0.05, 0) is 6.42 Å². The Bertz CT molecular complexity index is 251. The Morgan fingerprint density at radius 1 is 1.53 bits per heavy atom. The Balaban J connectivity index is 4.40. The Kier molecular flexibility index (Phi) is 5.21. The van der Waals surface area contributed by atoms with Crippen LogP contribution in [0.2, 0.25) is 0 Å². The Morgan fingerprint density at radius 2 is 2.00 bits per heavy atom.